The molecule has 0 amide bonds. The fourth-order valence-corrected chi connectivity index (χ4v) is 1.16. The maximum Gasteiger partial charge on any atom is 0.127 e. The lowest BCUT2D eigenvalue weighted by atomic mass is 10.1. The Morgan fingerprint density at radius 3 is 2.83 bits per heavy atom. The van der Waals surface area contributed by atoms with Crippen molar-refractivity contribution in [1.82, 2.24) is 0 Å². The minimum Gasteiger partial charge on any atom is -0.393 e. The Kier molecular flexibility index (Phi) is 3.23. The van der Waals surface area contributed by atoms with Crippen LogP contribution in [0.4, 0.5) is 4.39 Å². The summed E-state index contributed by atoms with van der Waals surface area (Å²) in [5.74, 6) is 0. The van der Waals surface area contributed by atoms with Crippen LogP contribution >= 0.6 is 0 Å². The zero-order valence-electron chi connectivity index (χ0n) is 7.13. The SMILES string of the molecule is Cc1cccc(CC(F)CO)c1. The summed E-state index contributed by atoms with van der Waals surface area (Å²) in [4.78, 5) is 0. The molecule has 0 saturated heterocycles. The standard InChI is InChI=1S/C10H13FO/c1-8-3-2-4-9(5-8)6-10(11)7-12/h2-5,10,12H,6-7H2,1H3. The number of aliphatic hydroxyl groups excluding tert-OH is 1. The van der Waals surface area contributed by atoms with Gasteiger partial charge in [0.15, 0.2) is 0 Å². The number of benzene rings is 1. The van der Waals surface area contributed by atoms with E-state index in [1.807, 2.05) is 31.2 Å². The highest BCUT2D eigenvalue weighted by Crippen LogP contribution is 2.08. The van der Waals surface area contributed by atoms with Gasteiger partial charge in [0.25, 0.3) is 0 Å². The average Bonchev–Trinajstić information content (AvgIpc) is 2.04. The molecule has 0 radical (unpaired) electrons. The second kappa shape index (κ2) is 4.21. The molecule has 0 heterocycles. The van der Waals surface area contributed by atoms with Crippen molar-refractivity contribution in [2.24, 2.45) is 0 Å². The zero-order valence-corrected chi connectivity index (χ0v) is 7.13. The van der Waals surface area contributed by atoms with E-state index >= 15 is 0 Å². The highest BCUT2D eigenvalue weighted by Gasteiger charge is 2.04. The van der Waals surface area contributed by atoms with Crippen LogP contribution in [0.1, 0.15) is 11.1 Å². The van der Waals surface area contributed by atoms with Crippen LogP contribution in [0.2, 0.25) is 0 Å². The number of aliphatic hydroxyl groups is 1. The Morgan fingerprint density at radius 2 is 2.25 bits per heavy atom. The largest absolute Gasteiger partial charge is 0.393 e. The Morgan fingerprint density at radius 1 is 1.50 bits per heavy atom. The smallest absolute Gasteiger partial charge is 0.127 e. The molecular weight excluding hydrogens is 155 g/mol. The van der Waals surface area contributed by atoms with Crippen LogP contribution in [0.15, 0.2) is 24.3 Å². The second-order valence-corrected chi connectivity index (χ2v) is 2.97. The van der Waals surface area contributed by atoms with Gasteiger partial charge in [-0.15, -0.1) is 0 Å². The third-order valence-electron chi connectivity index (χ3n) is 1.74. The van der Waals surface area contributed by atoms with E-state index in [4.69, 9.17) is 5.11 Å². The van der Waals surface area contributed by atoms with Gasteiger partial charge >= 0.3 is 0 Å². The first kappa shape index (κ1) is 9.20. The lowest BCUT2D eigenvalue weighted by Crippen LogP contribution is -2.09. The maximum atomic E-state index is 12.7. The fourth-order valence-electron chi connectivity index (χ4n) is 1.16. The fraction of sp³-hybridized carbons (Fsp3) is 0.400. The van der Waals surface area contributed by atoms with Gasteiger partial charge in [0.1, 0.15) is 6.17 Å². The third kappa shape index (κ3) is 2.62. The summed E-state index contributed by atoms with van der Waals surface area (Å²) in [5.41, 5.74) is 2.06. The Hall–Kier alpha value is -0.890. The van der Waals surface area contributed by atoms with E-state index in [1.165, 1.54) is 0 Å². The highest BCUT2D eigenvalue weighted by molar-refractivity contribution is 5.22. The molecule has 1 aromatic rings. The molecule has 1 rings (SSSR count). The molecule has 0 aromatic heterocycles. The van der Waals surface area contributed by atoms with Crippen LogP contribution in [0, 0.1) is 6.92 Å². The van der Waals surface area contributed by atoms with Crippen molar-refractivity contribution in [2.75, 3.05) is 6.61 Å². The second-order valence-electron chi connectivity index (χ2n) is 2.97. The Labute approximate surface area is 71.9 Å². The number of hydrogen-bond donors (Lipinski definition) is 1. The van der Waals surface area contributed by atoms with Gasteiger partial charge in [0, 0.05) is 6.42 Å². The van der Waals surface area contributed by atoms with Crippen LogP contribution in [0.5, 0.6) is 0 Å². The molecule has 0 aliphatic rings. The Balaban J connectivity index is 2.63. The summed E-state index contributed by atoms with van der Waals surface area (Å²) in [6, 6.07) is 7.67. The Bertz CT molecular complexity index is 247. The normalized spacial score (nSPS) is 12.9. The van der Waals surface area contributed by atoms with Crippen molar-refractivity contribution < 1.29 is 9.50 Å². The molecule has 1 N–H and O–H groups in total. The van der Waals surface area contributed by atoms with E-state index in [0.29, 0.717) is 6.42 Å². The van der Waals surface area contributed by atoms with Crippen molar-refractivity contribution in [1.29, 1.82) is 0 Å². The summed E-state index contributed by atoms with van der Waals surface area (Å²) in [7, 11) is 0. The van der Waals surface area contributed by atoms with Gasteiger partial charge in [-0.25, -0.2) is 4.39 Å². The first-order valence-corrected chi connectivity index (χ1v) is 4.03. The minimum atomic E-state index is -1.13. The van der Waals surface area contributed by atoms with Crippen LogP contribution in [0.3, 0.4) is 0 Å². The van der Waals surface area contributed by atoms with E-state index < -0.39 is 12.8 Å². The van der Waals surface area contributed by atoms with Gasteiger partial charge in [-0.3, -0.25) is 0 Å². The topological polar surface area (TPSA) is 20.2 Å². The van der Waals surface area contributed by atoms with Crippen molar-refractivity contribution in [3.8, 4) is 0 Å². The van der Waals surface area contributed by atoms with Crippen molar-refractivity contribution in [2.45, 2.75) is 19.5 Å². The highest BCUT2D eigenvalue weighted by atomic mass is 19.1. The molecule has 12 heavy (non-hydrogen) atoms. The monoisotopic (exact) mass is 168 g/mol. The maximum absolute atomic E-state index is 12.7. The van der Waals surface area contributed by atoms with Crippen LogP contribution < -0.4 is 0 Å². The predicted octanol–water partition coefficient (Wildman–Crippen LogP) is 1.87. The summed E-state index contributed by atoms with van der Waals surface area (Å²) in [6.45, 7) is 1.57. The number of hydrogen-bond acceptors (Lipinski definition) is 1. The summed E-state index contributed by atoms with van der Waals surface area (Å²) in [6.07, 6.45) is -0.829. The van der Waals surface area contributed by atoms with Crippen LogP contribution in [-0.2, 0) is 6.42 Å². The lowest BCUT2D eigenvalue weighted by molar-refractivity contribution is 0.177. The zero-order chi connectivity index (χ0) is 8.97. The number of alkyl halides is 1. The van der Waals surface area contributed by atoms with Crippen LogP contribution in [-0.4, -0.2) is 17.9 Å². The molecule has 0 bridgehead atoms. The molecule has 1 unspecified atom stereocenters. The number of rotatable bonds is 3. The van der Waals surface area contributed by atoms with Gasteiger partial charge < -0.3 is 5.11 Å². The van der Waals surface area contributed by atoms with Gasteiger partial charge in [0.05, 0.1) is 6.61 Å². The lowest BCUT2D eigenvalue weighted by Gasteiger charge is -2.04. The van der Waals surface area contributed by atoms with Gasteiger partial charge in [-0.2, -0.15) is 0 Å². The van der Waals surface area contributed by atoms with Crippen molar-refractivity contribution in [3.63, 3.8) is 0 Å². The molecule has 0 spiro atoms. The summed E-state index contributed by atoms with van der Waals surface area (Å²) in [5, 5.41) is 8.49. The first-order valence-electron chi connectivity index (χ1n) is 4.03. The predicted molar refractivity (Wildman–Crippen MR) is 46.9 cm³/mol. The molecule has 0 aliphatic heterocycles. The molecule has 1 nitrogen and oxygen atoms in total. The number of halogens is 1. The summed E-state index contributed by atoms with van der Waals surface area (Å²) < 4.78 is 12.7. The molecular formula is C10H13FO. The summed E-state index contributed by atoms with van der Waals surface area (Å²) >= 11 is 0. The quantitative estimate of drug-likeness (QED) is 0.730. The van der Waals surface area contributed by atoms with E-state index in [1.54, 1.807) is 0 Å². The molecule has 0 fully saturated rings. The van der Waals surface area contributed by atoms with E-state index in [9.17, 15) is 4.39 Å². The molecule has 0 saturated carbocycles. The van der Waals surface area contributed by atoms with E-state index in [-0.39, 0.29) is 0 Å². The average molecular weight is 168 g/mol. The first-order chi connectivity index (χ1) is 5.72. The third-order valence-corrected chi connectivity index (χ3v) is 1.74. The van der Waals surface area contributed by atoms with Gasteiger partial charge in [-0.05, 0) is 12.5 Å². The molecule has 1 atom stereocenters. The van der Waals surface area contributed by atoms with Crippen molar-refractivity contribution in [3.05, 3.63) is 35.4 Å². The van der Waals surface area contributed by atoms with E-state index in [2.05, 4.69) is 0 Å². The van der Waals surface area contributed by atoms with Gasteiger partial charge in [0.2, 0.25) is 0 Å². The minimum absolute atomic E-state index is 0.304. The molecule has 66 valence electrons. The van der Waals surface area contributed by atoms with Crippen LogP contribution in [0.25, 0.3) is 0 Å². The number of aryl methyl sites for hydroxylation is 1. The molecule has 1 aromatic carbocycles. The molecule has 2 heteroatoms. The molecule has 0 aliphatic carbocycles. The van der Waals surface area contributed by atoms with E-state index in [0.717, 1.165) is 11.1 Å². The van der Waals surface area contributed by atoms with Gasteiger partial charge in [-0.1, -0.05) is 29.8 Å². The van der Waals surface area contributed by atoms with Crippen molar-refractivity contribution >= 4 is 0 Å².